The normalized spacial score (nSPS) is 14.5. The number of hydrogen-bond acceptors (Lipinski definition) is 1. The van der Waals surface area contributed by atoms with Crippen LogP contribution in [-0.4, -0.2) is 8.96 Å². The molecule has 0 spiro atoms. The molecular formula is C4H13NOS2. The van der Waals surface area contributed by atoms with Gasteiger partial charge >= 0.3 is 0 Å². The smallest absolute Gasteiger partial charge is 0.0942 e. The van der Waals surface area contributed by atoms with Gasteiger partial charge in [0, 0.05) is 0 Å². The third-order valence-electron chi connectivity index (χ3n) is 0.604. The fraction of sp³-hybridized carbons (Fsp3) is 1.00. The number of hydrogen-bond donors (Lipinski definition) is 1. The van der Waals surface area contributed by atoms with Crippen molar-refractivity contribution in [3.8, 4) is 0 Å². The minimum Gasteiger partial charge on any atom is -0.251 e. The topological polar surface area (TPSA) is 43.1 Å². The van der Waals surface area contributed by atoms with Gasteiger partial charge in [-0.3, -0.25) is 5.14 Å². The highest BCUT2D eigenvalue weighted by atomic mass is 32.2. The van der Waals surface area contributed by atoms with Crippen LogP contribution >= 0.6 is 13.5 Å². The van der Waals surface area contributed by atoms with Crippen LogP contribution in [0.5, 0.6) is 0 Å². The van der Waals surface area contributed by atoms with Crippen LogP contribution < -0.4 is 5.14 Å². The Bertz CT molecular complexity index is 86.5. The lowest BCUT2D eigenvalue weighted by molar-refractivity contribution is 0.650. The molecule has 0 aliphatic rings. The molecule has 52 valence electrons. The van der Waals surface area contributed by atoms with Crippen molar-refractivity contribution in [3.05, 3.63) is 0 Å². The summed E-state index contributed by atoms with van der Waals surface area (Å²) in [5.41, 5.74) is 0. The van der Waals surface area contributed by atoms with Gasteiger partial charge in [-0.2, -0.15) is 13.5 Å². The van der Waals surface area contributed by atoms with E-state index in [1.165, 1.54) is 0 Å². The Hall–Kier alpha value is 0.460. The van der Waals surface area contributed by atoms with Gasteiger partial charge in [0.2, 0.25) is 0 Å². The van der Waals surface area contributed by atoms with Crippen molar-refractivity contribution in [2.24, 2.45) is 5.14 Å². The third-order valence-corrected chi connectivity index (χ3v) is 1.81. The molecule has 0 amide bonds. The molecule has 0 saturated heterocycles. The standard InChI is InChI=1S/C4H11NOS.H2S/c1-4(2,3)7(5)6;/h5H2,1-3H3;1H2/t7-;/m1./s1. The Morgan fingerprint density at radius 3 is 1.50 bits per heavy atom. The van der Waals surface area contributed by atoms with Gasteiger partial charge in [0.1, 0.15) is 0 Å². The second-order valence-corrected chi connectivity index (χ2v) is 4.23. The molecule has 0 heterocycles. The summed E-state index contributed by atoms with van der Waals surface area (Å²) in [5.74, 6) is 0. The van der Waals surface area contributed by atoms with E-state index in [1.54, 1.807) is 0 Å². The first kappa shape index (κ1) is 11.3. The Labute approximate surface area is 59.9 Å². The molecule has 0 unspecified atom stereocenters. The van der Waals surface area contributed by atoms with Gasteiger partial charge in [0.05, 0.1) is 15.7 Å². The molecule has 0 radical (unpaired) electrons. The summed E-state index contributed by atoms with van der Waals surface area (Å²) in [6.07, 6.45) is 0. The lowest BCUT2D eigenvalue weighted by Crippen LogP contribution is -2.27. The van der Waals surface area contributed by atoms with E-state index in [4.69, 9.17) is 5.14 Å². The zero-order valence-corrected chi connectivity index (χ0v) is 7.21. The van der Waals surface area contributed by atoms with Gasteiger partial charge in [-0.05, 0) is 20.8 Å². The second-order valence-electron chi connectivity index (χ2n) is 2.41. The van der Waals surface area contributed by atoms with E-state index in [-0.39, 0.29) is 18.2 Å². The van der Waals surface area contributed by atoms with Crippen LogP contribution in [0.3, 0.4) is 0 Å². The molecule has 0 aromatic rings. The van der Waals surface area contributed by atoms with E-state index in [0.717, 1.165) is 0 Å². The molecule has 0 aromatic heterocycles. The van der Waals surface area contributed by atoms with Crippen molar-refractivity contribution < 1.29 is 4.21 Å². The Kier molecular flexibility index (Phi) is 4.91. The molecular weight excluding hydrogens is 142 g/mol. The lowest BCUT2D eigenvalue weighted by atomic mass is 10.3. The van der Waals surface area contributed by atoms with Crippen LogP contribution in [0.15, 0.2) is 0 Å². The maximum atomic E-state index is 10.4. The summed E-state index contributed by atoms with van der Waals surface area (Å²) in [7, 11) is -1.18. The minimum atomic E-state index is -1.18. The van der Waals surface area contributed by atoms with Crippen molar-refractivity contribution in [2.45, 2.75) is 25.5 Å². The second kappa shape index (κ2) is 3.48. The van der Waals surface area contributed by atoms with Crippen LogP contribution in [0.4, 0.5) is 0 Å². The molecule has 0 bridgehead atoms. The monoisotopic (exact) mass is 155 g/mol. The van der Waals surface area contributed by atoms with Gasteiger partial charge < -0.3 is 0 Å². The minimum absolute atomic E-state index is 0. The summed E-state index contributed by atoms with van der Waals surface area (Å²) in [4.78, 5) is 0. The number of nitrogens with two attached hydrogens (primary N) is 1. The Morgan fingerprint density at radius 1 is 1.38 bits per heavy atom. The predicted molar refractivity (Wildman–Crippen MR) is 42.5 cm³/mol. The first-order valence-electron chi connectivity index (χ1n) is 2.11. The first-order valence-corrected chi connectivity index (χ1v) is 3.32. The van der Waals surface area contributed by atoms with Gasteiger partial charge in [-0.15, -0.1) is 0 Å². The fourth-order valence-electron chi connectivity index (χ4n) is 0. The zero-order chi connectivity index (χ0) is 6.08. The van der Waals surface area contributed by atoms with E-state index in [9.17, 15) is 4.21 Å². The largest absolute Gasteiger partial charge is 0.251 e. The maximum Gasteiger partial charge on any atom is 0.0942 e. The summed E-state index contributed by atoms with van der Waals surface area (Å²) in [6.45, 7) is 5.51. The molecule has 0 fully saturated rings. The SMILES string of the molecule is CC(C)(C)[S@](N)=O.S. The van der Waals surface area contributed by atoms with Crippen molar-refractivity contribution in [3.63, 3.8) is 0 Å². The lowest BCUT2D eigenvalue weighted by Gasteiger charge is -2.11. The van der Waals surface area contributed by atoms with Gasteiger partial charge in [0.25, 0.3) is 0 Å². The molecule has 8 heavy (non-hydrogen) atoms. The highest BCUT2D eigenvalue weighted by molar-refractivity contribution is 7.84. The highest BCUT2D eigenvalue weighted by Crippen LogP contribution is 2.04. The van der Waals surface area contributed by atoms with E-state index in [2.05, 4.69) is 0 Å². The van der Waals surface area contributed by atoms with Crippen LogP contribution in [-0.2, 0) is 11.0 Å². The molecule has 0 saturated carbocycles. The predicted octanol–water partition coefficient (Wildman–Crippen LogP) is 0.520. The van der Waals surface area contributed by atoms with E-state index in [1.807, 2.05) is 20.8 Å². The Morgan fingerprint density at radius 2 is 1.50 bits per heavy atom. The fourth-order valence-corrected chi connectivity index (χ4v) is 0. The molecule has 1 atom stereocenters. The van der Waals surface area contributed by atoms with Gasteiger partial charge in [-0.25, -0.2) is 4.21 Å². The van der Waals surface area contributed by atoms with Crippen LogP contribution in [0.2, 0.25) is 0 Å². The molecule has 0 aliphatic heterocycles. The Balaban J connectivity index is 0. The van der Waals surface area contributed by atoms with E-state index < -0.39 is 11.0 Å². The maximum absolute atomic E-state index is 10.4. The summed E-state index contributed by atoms with van der Waals surface area (Å²) >= 11 is 0. The summed E-state index contributed by atoms with van der Waals surface area (Å²) in [5, 5.41) is 5.04. The van der Waals surface area contributed by atoms with Crippen LogP contribution in [0.25, 0.3) is 0 Å². The van der Waals surface area contributed by atoms with Crippen molar-refractivity contribution in [1.29, 1.82) is 0 Å². The zero-order valence-electron chi connectivity index (χ0n) is 5.39. The first-order chi connectivity index (χ1) is 2.94. The van der Waals surface area contributed by atoms with E-state index >= 15 is 0 Å². The summed E-state index contributed by atoms with van der Waals surface area (Å²) in [6, 6.07) is 0. The quantitative estimate of drug-likeness (QED) is 0.544. The third kappa shape index (κ3) is 4.61. The van der Waals surface area contributed by atoms with Crippen molar-refractivity contribution >= 4 is 24.5 Å². The molecule has 0 rings (SSSR count). The molecule has 0 aromatic carbocycles. The van der Waals surface area contributed by atoms with Crippen molar-refractivity contribution in [1.82, 2.24) is 0 Å². The average Bonchev–Trinajstić information content (AvgIpc) is 1.31. The van der Waals surface area contributed by atoms with Crippen LogP contribution in [0.1, 0.15) is 20.8 Å². The molecule has 4 heteroatoms. The average molecular weight is 155 g/mol. The molecule has 2 N–H and O–H groups in total. The van der Waals surface area contributed by atoms with Crippen LogP contribution in [0, 0.1) is 0 Å². The summed E-state index contributed by atoms with van der Waals surface area (Å²) < 4.78 is 10.1. The van der Waals surface area contributed by atoms with Crippen molar-refractivity contribution in [2.75, 3.05) is 0 Å². The number of rotatable bonds is 0. The molecule has 2 nitrogen and oxygen atoms in total. The van der Waals surface area contributed by atoms with Gasteiger partial charge in [-0.1, -0.05) is 0 Å². The highest BCUT2D eigenvalue weighted by Gasteiger charge is 2.14. The van der Waals surface area contributed by atoms with E-state index in [0.29, 0.717) is 0 Å². The molecule has 0 aliphatic carbocycles. The van der Waals surface area contributed by atoms with Gasteiger partial charge in [0.15, 0.2) is 0 Å².